The molecule has 0 aliphatic carbocycles. The van der Waals surface area contributed by atoms with Crippen LogP contribution >= 0.6 is 0 Å². The summed E-state index contributed by atoms with van der Waals surface area (Å²) >= 11 is 0. The van der Waals surface area contributed by atoms with E-state index in [1.807, 2.05) is 19.9 Å². The Morgan fingerprint density at radius 1 is 1.44 bits per heavy atom. The average molecular weight is 248 g/mol. The normalized spacial score (nSPS) is 12.4. The molecular formula is C12H16N4O2. The van der Waals surface area contributed by atoms with Crippen LogP contribution in [0.5, 0.6) is 5.88 Å². The van der Waals surface area contributed by atoms with Gasteiger partial charge in [-0.1, -0.05) is 6.92 Å². The molecule has 0 aromatic carbocycles. The fourth-order valence-corrected chi connectivity index (χ4v) is 1.63. The Morgan fingerprint density at radius 2 is 2.28 bits per heavy atom. The maximum atomic E-state index is 5.62. The van der Waals surface area contributed by atoms with E-state index in [9.17, 15) is 0 Å². The molecule has 0 amide bonds. The summed E-state index contributed by atoms with van der Waals surface area (Å²) in [4.78, 5) is 4.10. The molecule has 96 valence electrons. The van der Waals surface area contributed by atoms with Gasteiger partial charge in [0.15, 0.2) is 0 Å². The molecule has 0 fully saturated rings. The second kappa shape index (κ2) is 5.59. The number of ether oxygens (including phenoxy) is 1. The summed E-state index contributed by atoms with van der Waals surface area (Å²) in [6.45, 7) is 4.84. The van der Waals surface area contributed by atoms with Gasteiger partial charge in [-0.05, 0) is 25.6 Å². The number of hydrogen-bond donors (Lipinski definition) is 1. The zero-order valence-corrected chi connectivity index (χ0v) is 10.7. The summed E-state index contributed by atoms with van der Waals surface area (Å²) < 4.78 is 10.8. The Balaban J connectivity index is 2.29. The second-order valence-corrected chi connectivity index (χ2v) is 3.79. The quantitative estimate of drug-likeness (QED) is 0.870. The number of rotatable bonds is 5. The van der Waals surface area contributed by atoms with Gasteiger partial charge in [0.05, 0.1) is 13.2 Å². The lowest BCUT2D eigenvalue weighted by Gasteiger charge is -2.06. The first kappa shape index (κ1) is 12.5. The van der Waals surface area contributed by atoms with Crippen molar-refractivity contribution in [3.63, 3.8) is 0 Å². The fourth-order valence-electron chi connectivity index (χ4n) is 1.63. The van der Waals surface area contributed by atoms with Gasteiger partial charge in [0.2, 0.25) is 11.8 Å². The van der Waals surface area contributed by atoms with Gasteiger partial charge in [-0.25, -0.2) is 4.98 Å². The molecule has 2 aromatic heterocycles. The predicted octanol–water partition coefficient (Wildman–Crippen LogP) is 1.81. The molecule has 0 bridgehead atoms. The van der Waals surface area contributed by atoms with Crippen LogP contribution in [-0.4, -0.2) is 28.8 Å². The molecule has 0 saturated carbocycles. The summed E-state index contributed by atoms with van der Waals surface area (Å²) in [6, 6.07) is 3.66. The number of nitrogens with one attached hydrogen (secondary N) is 1. The van der Waals surface area contributed by atoms with Crippen LogP contribution in [0.25, 0.3) is 11.5 Å². The Kier molecular flexibility index (Phi) is 3.88. The number of pyridine rings is 1. The summed E-state index contributed by atoms with van der Waals surface area (Å²) in [7, 11) is 1.56. The molecule has 1 N–H and O–H groups in total. The van der Waals surface area contributed by atoms with E-state index >= 15 is 0 Å². The van der Waals surface area contributed by atoms with Crippen LogP contribution in [-0.2, 0) is 0 Å². The van der Waals surface area contributed by atoms with Crippen molar-refractivity contribution in [1.82, 2.24) is 20.5 Å². The lowest BCUT2D eigenvalue weighted by molar-refractivity contribution is 0.394. The van der Waals surface area contributed by atoms with Gasteiger partial charge in [0, 0.05) is 6.20 Å². The number of hydrogen-bond acceptors (Lipinski definition) is 6. The molecule has 6 nitrogen and oxygen atoms in total. The summed E-state index contributed by atoms with van der Waals surface area (Å²) in [5, 5.41) is 11.3. The SMILES string of the molecule is CCNC(C)c1nnc(-c2cccnc2OC)o1. The van der Waals surface area contributed by atoms with Crippen molar-refractivity contribution >= 4 is 0 Å². The molecule has 2 heterocycles. The molecule has 0 aliphatic heterocycles. The van der Waals surface area contributed by atoms with Crippen molar-refractivity contribution in [2.45, 2.75) is 19.9 Å². The van der Waals surface area contributed by atoms with Gasteiger partial charge in [-0.3, -0.25) is 0 Å². The van der Waals surface area contributed by atoms with Gasteiger partial charge in [-0.2, -0.15) is 0 Å². The van der Waals surface area contributed by atoms with Gasteiger partial charge in [0.25, 0.3) is 5.89 Å². The zero-order valence-electron chi connectivity index (χ0n) is 10.7. The van der Waals surface area contributed by atoms with Crippen LogP contribution < -0.4 is 10.1 Å². The standard InChI is InChI=1S/C12H16N4O2/c1-4-13-8(2)10-15-16-12(18-10)9-6-5-7-14-11(9)17-3/h5-8,13H,4H2,1-3H3. The van der Waals surface area contributed by atoms with Gasteiger partial charge < -0.3 is 14.5 Å². The average Bonchev–Trinajstić information content (AvgIpc) is 2.88. The number of aromatic nitrogens is 3. The van der Waals surface area contributed by atoms with E-state index in [1.165, 1.54) is 0 Å². The molecule has 0 aliphatic rings. The van der Waals surface area contributed by atoms with Crippen LogP contribution in [0, 0.1) is 0 Å². The van der Waals surface area contributed by atoms with E-state index in [4.69, 9.17) is 9.15 Å². The molecule has 2 rings (SSSR count). The molecule has 0 saturated heterocycles. The van der Waals surface area contributed by atoms with Crippen molar-refractivity contribution in [3.8, 4) is 17.3 Å². The van der Waals surface area contributed by atoms with Crippen molar-refractivity contribution in [2.24, 2.45) is 0 Å². The monoisotopic (exact) mass is 248 g/mol. The van der Waals surface area contributed by atoms with E-state index < -0.39 is 0 Å². The minimum atomic E-state index is 0.0268. The predicted molar refractivity (Wildman–Crippen MR) is 66.2 cm³/mol. The highest BCUT2D eigenvalue weighted by Gasteiger charge is 2.16. The number of nitrogens with zero attached hydrogens (tertiary/aromatic N) is 3. The summed E-state index contributed by atoms with van der Waals surface area (Å²) in [6.07, 6.45) is 1.65. The highest BCUT2D eigenvalue weighted by molar-refractivity contribution is 5.59. The first-order valence-corrected chi connectivity index (χ1v) is 5.82. The zero-order chi connectivity index (χ0) is 13.0. The molecule has 1 unspecified atom stereocenters. The lowest BCUT2D eigenvalue weighted by atomic mass is 10.3. The molecular weight excluding hydrogens is 232 g/mol. The Labute approximate surface area is 105 Å². The molecule has 1 atom stereocenters. The minimum absolute atomic E-state index is 0.0268. The molecule has 0 radical (unpaired) electrons. The van der Waals surface area contributed by atoms with Crippen molar-refractivity contribution in [1.29, 1.82) is 0 Å². The van der Waals surface area contributed by atoms with E-state index in [-0.39, 0.29) is 6.04 Å². The van der Waals surface area contributed by atoms with Gasteiger partial charge >= 0.3 is 0 Å². The first-order valence-electron chi connectivity index (χ1n) is 5.82. The van der Waals surface area contributed by atoms with E-state index in [0.717, 1.165) is 6.54 Å². The van der Waals surface area contributed by atoms with Crippen LogP contribution in [0.2, 0.25) is 0 Å². The number of methoxy groups -OCH3 is 1. The van der Waals surface area contributed by atoms with E-state index in [1.54, 1.807) is 19.4 Å². The van der Waals surface area contributed by atoms with Gasteiger partial charge in [0.1, 0.15) is 5.56 Å². The fraction of sp³-hybridized carbons (Fsp3) is 0.417. The third-order valence-corrected chi connectivity index (χ3v) is 2.52. The third-order valence-electron chi connectivity index (χ3n) is 2.52. The smallest absolute Gasteiger partial charge is 0.253 e. The third kappa shape index (κ3) is 2.48. The van der Waals surface area contributed by atoms with E-state index in [2.05, 4.69) is 20.5 Å². The maximum absolute atomic E-state index is 5.62. The first-order chi connectivity index (χ1) is 8.76. The molecule has 2 aromatic rings. The second-order valence-electron chi connectivity index (χ2n) is 3.79. The molecule has 18 heavy (non-hydrogen) atoms. The maximum Gasteiger partial charge on any atom is 0.253 e. The van der Waals surface area contributed by atoms with E-state index in [0.29, 0.717) is 23.2 Å². The van der Waals surface area contributed by atoms with Crippen LogP contribution in [0.15, 0.2) is 22.7 Å². The van der Waals surface area contributed by atoms with Crippen LogP contribution in [0.1, 0.15) is 25.8 Å². The molecule has 6 heteroatoms. The van der Waals surface area contributed by atoms with Crippen molar-refractivity contribution < 1.29 is 9.15 Å². The highest BCUT2D eigenvalue weighted by atomic mass is 16.5. The lowest BCUT2D eigenvalue weighted by Crippen LogP contribution is -2.17. The van der Waals surface area contributed by atoms with Crippen molar-refractivity contribution in [2.75, 3.05) is 13.7 Å². The van der Waals surface area contributed by atoms with Crippen LogP contribution in [0.3, 0.4) is 0 Å². The van der Waals surface area contributed by atoms with Crippen molar-refractivity contribution in [3.05, 3.63) is 24.2 Å². The van der Waals surface area contributed by atoms with Crippen LogP contribution in [0.4, 0.5) is 0 Å². The molecule has 0 spiro atoms. The minimum Gasteiger partial charge on any atom is -0.480 e. The Hall–Kier alpha value is -1.95. The largest absolute Gasteiger partial charge is 0.480 e. The topological polar surface area (TPSA) is 73.1 Å². The summed E-state index contributed by atoms with van der Waals surface area (Å²) in [5.41, 5.74) is 0.697. The van der Waals surface area contributed by atoms with Gasteiger partial charge in [-0.15, -0.1) is 10.2 Å². The Bertz CT molecular complexity index is 512. The highest BCUT2D eigenvalue weighted by Crippen LogP contribution is 2.27. The summed E-state index contributed by atoms with van der Waals surface area (Å²) in [5.74, 6) is 1.45. The Morgan fingerprint density at radius 3 is 3.00 bits per heavy atom.